The number of rotatable bonds is 30. The molecule has 0 aromatic heterocycles. The molecule has 0 atom stereocenters. The lowest BCUT2D eigenvalue weighted by Crippen LogP contribution is -2.05. The van der Waals surface area contributed by atoms with Crippen LogP contribution in [0.25, 0.3) is 0 Å². The highest BCUT2D eigenvalue weighted by Crippen LogP contribution is 2.14. The van der Waals surface area contributed by atoms with Crippen molar-refractivity contribution in [1.29, 1.82) is 0 Å². The number of unbranched alkanes of at least 4 members (excludes halogenated alkanes) is 18. The number of hydrogen-bond acceptors (Lipinski definition) is 8. The number of carbonyl (C=O) groups is 4. The van der Waals surface area contributed by atoms with Crippen molar-refractivity contribution in [3.05, 3.63) is 73.9 Å². The Kier molecular flexibility index (Phi) is 41.7. The Labute approximate surface area is 545 Å². The maximum Gasteiger partial charge on any atom is 0.305 e. The standard InChI is InChI=1S/C20H36O2.C18H32O2.C17H30O2.C15H26O2.21H2/c1-3-5-7-9-11-13-15-17-19-22-20(21)18-16-14-12-10-8-6-4-2;1-3-5-7-9-11-12-14-16-18(19)20-17-15-13-10-8-6-4-2;18-17-15-13-11-9-7-5-3-1-2-4-6-8-10-12-14-16-19-17;16-15-13-11-9-7-5-3-1-2-4-6-8-10-12-14-17-15;;;;;;;;;;;;;;;;;;;;;/h3-4,6H,1,5,7-19H2,2H3;3-5H,2,6-17H2,1H3;1,3H,2,4-16H2;1-2H,3-14H2;21*1H/b6-4+;5-3+;;;;;;;;;;;;;;;;;;;;;;;/i;;;;20*1+1D;1+1. The third-order valence-electron chi connectivity index (χ3n) is 14.0. The van der Waals surface area contributed by atoms with Gasteiger partial charge < -0.3 is 18.9 Å². The fourth-order valence-corrected chi connectivity index (χ4v) is 9.01. The first-order valence-corrected chi connectivity index (χ1v) is 32.8. The van der Waals surface area contributed by atoms with Crippen LogP contribution in [0.4, 0.5) is 0 Å². The largest absolute Gasteiger partial charge is 0.466 e. The summed E-state index contributed by atoms with van der Waals surface area (Å²) in [7, 11) is 0. The van der Waals surface area contributed by atoms with Gasteiger partial charge in [-0.25, -0.2) is 0 Å². The monoisotopic (exact) mass is 1180 g/mol. The predicted octanol–water partition coefficient (Wildman–Crippen LogP) is 26.7. The van der Waals surface area contributed by atoms with Gasteiger partial charge in [0.15, 0.2) is 0 Å². The predicted molar refractivity (Wildman–Crippen MR) is 378 cm³/mol. The van der Waals surface area contributed by atoms with Crippen molar-refractivity contribution in [2.75, 3.05) is 26.4 Å². The van der Waals surface area contributed by atoms with Crippen molar-refractivity contribution in [2.45, 2.75) is 322 Å². The van der Waals surface area contributed by atoms with Crippen LogP contribution in [0.2, 0.25) is 0 Å². The van der Waals surface area contributed by atoms with Crippen molar-refractivity contribution in [2.24, 2.45) is 0 Å². The molecule has 0 N–H and O–H groups in total. The minimum absolute atomic E-state index is 0. The van der Waals surface area contributed by atoms with Gasteiger partial charge in [-0.2, -0.15) is 0 Å². The molecule has 0 saturated heterocycles. The summed E-state index contributed by atoms with van der Waals surface area (Å²) in [5.74, 6) is -0.0398. The summed E-state index contributed by atoms with van der Waals surface area (Å²) in [6.07, 6.45) is 76.0. The van der Waals surface area contributed by atoms with E-state index in [2.05, 4.69) is 75.6 Å². The van der Waals surface area contributed by atoms with E-state index in [9.17, 15) is 19.2 Å². The van der Waals surface area contributed by atoms with Gasteiger partial charge >= 0.3 is 23.9 Å². The lowest BCUT2D eigenvalue weighted by molar-refractivity contribution is -0.144. The van der Waals surface area contributed by atoms with E-state index in [0.29, 0.717) is 52.1 Å². The molecule has 78 heavy (non-hydrogen) atoms. The lowest BCUT2D eigenvalue weighted by Gasteiger charge is -2.05. The fraction of sp³-hybridized carbons (Fsp3) is 0.771. The Morgan fingerprint density at radius 1 is 0.423 bits per heavy atom. The maximum atomic E-state index is 11.5. The van der Waals surface area contributed by atoms with Crippen LogP contribution in [0.1, 0.15) is 383 Å². The average molecular weight is 1180 g/mol. The van der Waals surface area contributed by atoms with Crippen LogP contribution in [-0.4, -0.2) is 50.3 Å². The van der Waals surface area contributed by atoms with Crippen molar-refractivity contribution < 1.29 is 98.9 Å². The first-order valence-electron chi connectivity index (χ1n) is 52.8. The quantitative estimate of drug-likeness (QED) is 0.0303. The molecule has 8 nitrogen and oxygen atoms in total. The zero-order chi connectivity index (χ0) is 97.0. The molecule has 2 aliphatic rings. The number of hydrogen-bond donors (Lipinski definition) is 0. The van der Waals surface area contributed by atoms with E-state index in [0.717, 1.165) is 109 Å². The Morgan fingerprint density at radius 3 is 1.08 bits per heavy atom. The Hall–Kier alpha value is -3.68. The van der Waals surface area contributed by atoms with Gasteiger partial charge in [-0.3, -0.25) is 19.2 Å². The van der Waals surface area contributed by atoms with Gasteiger partial charge in [-0.15, -0.1) is 13.2 Å². The van der Waals surface area contributed by atoms with Gasteiger partial charge in [0.05, 0.1) is 26.4 Å². The van der Waals surface area contributed by atoms with Crippen molar-refractivity contribution >= 4 is 23.9 Å². The molecule has 494 valence electrons. The summed E-state index contributed by atoms with van der Waals surface area (Å²) < 4.78 is 221. The van der Waals surface area contributed by atoms with Gasteiger partial charge in [-0.1, -0.05) is 189 Å². The van der Waals surface area contributed by atoms with Gasteiger partial charge in [0.1, 0.15) is 0 Å². The van der Waals surface area contributed by atoms with E-state index in [1.807, 2.05) is 12.2 Å². The molecule has 0 unspecified atom stereocenters. The van der Waals surface area contributed by atoms with Crippen LogP contribution in [0, 0.1) is 0 Å². The molecule has 0 spiro atoms. The fourth-order valence-electron chi connectivity index (χ4n) is 9.01. The molecule has 8 heteroatoms. The molecule has 2 rings (SSSR count). The third-order valence-corrected chi connectivity index (χ3v) is 14.0. The van der Waals surface area contributed by atoms with Gasteiger partial charge in [0, 0.05) is 86.5 Å². The molecule has 0 radical (unpaired) electrons. The molecule has 2 heterocycles. The van der Waals surface area contributed by atoms with Crippen LogP contribution < -0.4 is 0 Å². The molecular weight excluding hydrogens is 969 g/mol. The summed E-state index contributed by atoms with van der Waals surface area (Å²) in [6.45, 7) is 14.0. The van der Waals surface area contributed by atoms with Gasteiger partial charge in [0.25, 0.3) is 0 Å². The topological polar surface area (TPSA) is 105 Å². The normalized spacial score (nSPS) is 18.1. The van der Waals surface area contributed by atoms with E-state index in [4.69, 9.17) is 78.3 Å². The molecule has 0 bridgehead atoms. The van der Waals surface area contributed by atoms with Crippen molar-refractivity contribution in [3.8, 4) is 0 Å². The van der Waals surface area contributed by atoms with Crippen molar-refractivity contribution in [1.82, 2.24) is 0 Å². The van der Waals surface area contributed by atoms with Crippen LogP contribution in [0.15, 0.2) is 73.9 Å². The lowest BCUT2D eigenvalue weighted by atomic mass is 10.1. The number of allylic oxidation sites excluding steroid dienone is 10. The zero-order valence-electron chi connectivity index (χ0n) is 91.2. The number of ether oxygens (including phenoxy) is 4. The van der Waals surface area contributed by atoms with Crippen LogP contribution in [-0.2, 0) is 38.1 Å². The second-order valence-corrected chi connectivity index (χ2v) is 21.6. The van der Waals surface area contributed by atoms with E-state index in [-0.39, 0.29) is 25.3 Å². The highest BCUT2D eigenvalue weighted by atomic mass is 16.5. The molecule has 0 aliphatic carbocycles. The van der Waals surface area contributed by atoms with E-state index in [1.165, 1.54) is 173 Å². The SMILES string of the molecule is C=CCCCCCCCCOC(=O)CCCCCC/C=C/C.C=CCCCCCCOC(=O)CCCCCC/C=C/C.O=C1CCCCCCC=CCCCCCCCCO1.O=C1CCCCCCC=CCCCCCCO1.[2HH].[2H][2H].[2H][2H].[2H][2H].[2H][2H].[2H][2H].[2H][2H].[2H][2H].[2H][2H].[2H][2H].[2H][2H].[2H][2H].[2H][2H].[2H][2H].[2H][2H].[2H][2H].[2H][2H].[2H][2H].[2H][2H].[2H][2H].[2H][2H]. The van der Waals surface area contributed by atoms with Crippen LogP contribution >= 0.6 is 0 Å². The van der Waals surface area contributed by atoms with E-state index in [1.54, 1.807) is 0 Å². The molecule has 0 amide bonds. The molecule has 0 saturated carbocycles. The molecule has 0 aromatic rings. The number of esters is 4. The Morgan fingerprint density at radius 2 is 0.718 bits per heavy atom. The number of carbonyl (C=O) groups excluding carboxylic acids is 4. The third kappa shape index (κ3) is 70.3. The Bertz CT molecular complexity index is 1540. The van der Waals surface area contributed by atoms with Gasteiger partial charge in [0.2, 0.25) is 0 Å². The summed E-state index contributed by atoms with van der Waals surface area (Å²) in [5, 5.41) is 0. The molecule has 0 aromatic carbocycles. The Balaban J connectivity index is -0.0000000428. The van der Waals surface area contributed by atoms with Crippen LogP contribution in [0.3, 0.4) is 0 Å². The smallest absolute Gasteiger partial charge is 0.305 e. The number of cyclic esters (lactones) is 2. The molecule has 2 aliphatic heterocycles. The minimum Gasteiger partial charge on any atom is -0.466 e. The molecule has 0 fully saturated rings. The second kappa shape index (κ2) is 69.4. The average Bonchev–Trinajstić information content (AvgIpc) is 1.06. The second-order valence-electron chi connectivity index (χ2n) is 21.6. The molecular formula is C70H166O8. The summed E-state index contributed by atoms with van der Waals surface area (Å²) in [4.78, 5) is 45.8. The van der Waals surface area contributed by atoms with Gasteiger partial charge in [-0.05, 0) is 168 Å². The van der Waals surface area contributed by atoms with Crippen LogP contribution in [0.5, 0.6) is 0 Å². The summed E-state index contributed by atoms with van der Waals surface area (Å²) in [5.41, 5.74) is 0. The summed E-state index contributed by atoms with van der Waals surface area (Å²) >= 11 is 0. The first kappa shape index (κ1) is 46.9. The minimum atomic E-state index is -0.0236. The van der Waals surface area contributed by atoms with Crippen molar-refractivity contribution in [3.63, 3.8) is 0 Å². The van der Waals surface area contributed by atoms with E-state index < -0.39 is 0 Å². The zero-order valence-corrected chi connectivity index (χ0v) is 51.2. The highest BCUT2D eigenvalue weighted by molar-refractivity contribution is 5.70. The summed E-state index contributed by atoms with van der Waals surface area (Å²) in [6, 6.07) is 0. The maximum absolute atomic E-state index is 11.5. The first-order chi connectivity index (χ1) is 58.4. The highest BCUT2D eigenvalue weighted by Gasteiger charge is 2.06. The van der Waals surface area contributed by atoms with E-state index >= 15 is 0 Å².